The van der Waals surface area contributed by atoms with Crippen LogP contribution in [0.25, 0.3) is 10.9 Å². The minimum Gasteiger partial charge on any atom is -0.480 e. The molecule has 2 aromatic rings. The number of aromatic amines is 1. The van der Waals surface area contributed by atoms with Gasteiger partial charge in [0.2, 0.25) is 88.6 Å². The molecule has 1 fully saturated rings. The van der Waals surface area contributed by atoms with Crippen molar-refractivity contribution in [3.05, 3.63) is 36.0 Å². The van der Waals surface area contributed by atoms with E-state index in [9.17, 15) is 100 Å². The lowest BCUT2D eigenvalue weighted by atomic mass is 9.97. The number of halogens is 3. The number of rotatable bonds is 44. The van der Waals surface area contributed by atoms with E-state index in [2.05, 4.69) is 99.4 Å². The van der Waals surface area contributed by atoms with Gasteiger partial charge in [0.15, 0.2) is 0 Å². The lowest BCUT2D eigenvalue weighted by molar-refractivity contribution is -0.192. The van der Waals surface area contributed by atoms with Crippen molar-refractivity contribution in [2.24, 2.45) is 40.9 Å². The molecule has 15 amide bonds. The summed E-state index contributed by atoms with van der Waals surface area (Å²) in [5.74, 6) is -20.1. The molecule has 23 N–H and O–H groups in total. The minimum absolute atomic E-state index is 0.0702. The Hall–Kier alpha value is -9.88. The average Bonchev–Trinajstić information content (AvgIpc) is 1.69. The number of alkyl halides is 3. The lowest BCUT2D eigenvalue weighted by Crippen LogP contribution is -2.62. The first-order chi connectivity index (χ1) is 51.4. The quantitative estimate of drug-likeness (QED) is 0.0276. The van der Waals surface area contributed by atoms with Gasteiger partial charge in [-0.3, -0.25) is 71.9 Å². The van der Waals surface area contributed by atoms with Crippen LogP contribution in [0.5, 0.6) is 0 Å². The molecule has 1 saturated heterocycles. The number of aliphatic hydroxyl groups excluding tert-OH is 1. The van der Waals surface area contributed by atoms with Crippen molar-refractivity contribution >= 4 is 137 Å². The number of aliphatic carboxylic acids is 2. The Morgan fingerprint density at radius 2 is 1.07 bits per heavy atom. The van der Waals surface area contributed by atoms with Crippen molar-refractivity contribution in [1.82, 2.24) is 79.0 Å². The predicted octanol–water partition coefficient (Wildman–Crippen LogP) is -5.17. The van der Waals surface area contributed by atoms with Crippen molar-refractivity contribution in [2.45, 2.75) is 192 Å². The molecular formula is C67H105F3N18O20S2. The number of benzene rings is 1. The molecule has 13 atom stereocenters. The maximum absolute atomic E-state index is 14.1. The van der Waals surface area contributed by atoms with Gasteiger partial charge in [0.1, 0.15) is 60.4 Å². The van der Waals surface area contributed by atoms with Gasteiger partial charge in [-0.25, -0.2) is 9.59 Å². The number of hydrogen-bond donors (Lipinski definition) is 22. The number of carboxylic acid groups (broad SMARTS) is 2. The maximum Gasteiger partial charge on any atom is 0.490 e. The summed E-state index contributed by atoms with van der Waals surface area (Å²) in [6, 6.07) is -7.52. The van der Waals surface area contributed by atoms with E-state index in [-0.39, 0.29) is 50.4 Å². The van der Waals surface area contributed by atoms with Crippen molar-refractivity contribution in [3.63, 3.8) is 0 Å². The Balaban J connectivity index is 0.00000557. The van der Waals surface area contributed by atoms with Crippen LogP contribution in [0.4, 0.5) is 13.2 Å². The summed E-state index contributed by atoms with van der Waals surface area (Å²) in [6.45, 7) is 11.8. The number of fused-ring (bicyclic) bond motifs is 1. The number of carboxylic acids is 2. The van der Waals surface area contributed by atoms with Gasteiger partial charge in [0, 0.05) is 35.2 Å². The van der Waals surface area contributed by atoms with E-state index in [0.717, 1.165) is 23.4 Å². The highest BCUT2D eigenvalue weighted by Gasteiger charge is 2.42. The molecule has 1 aliphatic heterocycles. The highest BCUT2D eigenvalue weighted by molar-refractivity contribution is 7.80. The lowest BCUT2D eigenvalue weighted by Gasteiger charge is -2.32. The Kier molecular flexibility index (Phi) is 41.3. The second kappa shape index (κ2) is 47.2. The molecule has 1 aliphatic rings. The maximum atomic E-state index is 14.1. The number of nitrogens with zero attached hydrogens (tertiary/aromatic N) is 1. The molecular weight excluding hydrogens is 1500 g/mol. The zero-order chi connectivity index (χ0) is 83.6. The highest BCUT2D eigenvalue weighted by Crippen LogP contribution is 2.23. The van der Waals surface area contributed by atoms with E-state index in [1.165, 1.54) is 32.6 Å². The van der Waals surface area contributed by atoms with Crippen LogP contribution in [-0.2, 0) is 87.9 Å². The molecule has 110 heavy (non-hydrogen) atoms. The standard InChI is InChI=1S/C65H104N18O18S2.C2HF3O2/c1-10-34(8)53(64(99)83-20-14-18-45(83)60(95)76-40(65(100)101)17-13-19-66)82-58(93)43(29-102)75-49(88)28-73-61(96)51(32(4)5)80-57(92)42(23-46(68)85)77-62(97)52(33(6)7)81-59(94)44(30-103)78-63(98)54(35(9)84)79-50(89)26-70-47(86)25-72-56(91)41(21-31(2)3)74-48(87)27-71-55(90)38(67)22-36-24-69-39-16-12-11-15-37(36)39;3-2(4,5)1(6)7/h11-12,15-16,24,31-35,38,40-45,51-54,69,84,102-103H,10,13-14,17-23,25-30,66-67H2,1-9H3,(H2,68,85)(H,70,86)(H,71,90)(H,72,91)(H,73,96)(H,74,87)(H,75,88)(H,76,95)(H,77,97)(H,78,98)(H,79,89)(H,80,92)(H,81,94)(H,82,93)(H,100,101);(H,6,7)/t34-,35+,38-,40-,41-,42-,43-,44-,45-,51-,52-,53-,54-;/m0./s1. The van der Waals surface area contributed by atoms with Crippen molar-refractivity contribution in [1.29, 1.82) is 0 Å². The highest BCUT2D eigenvalue weighted by atomic mass is 32.1. The molecule has 616 valence electrons. The molecule has 38 nitrogen and oxygen atoms in total. The normalized spacial score (nSPS) is 15.9. The molecule has 0 aliphatic carbocycles. The van der Waals surface area contributed by atoms with Gasteiger partial charge in [0.05, 0.1) is 44.7 Å². The van der Waals surface area contributed by atoms with Crippen LogP contribution in [0.3, 0.4) is 0 Å². The SMILES string of the molecule is CC[C@H](C)[C@H](NC(=O)[C@H](CS)NC(=O)CNC(=O)[C@@H](NC(=O)[C@H](CC(N)=O)NC(=O)[C@@H](NC(=O)[C@H](CS)NC(=O)[C@@H](NC(=O)CNC(=O)CNC(=O)[C@H](CC(C)C)NC(=O)CNC(=O)[C@@H](N)Cc1c[nH]c2ccccc12)[C@@H](C)O)C(C)C)C(C)C)C(=O)N1CCC[C@H]1C(=O)N[C@@H](CCCN)C(=O)O.O=C(O)C(F)(F)F. The van der Waals surface area contributed by atoms with Crippen LogP contribution in [0.2, 0.25) is 0 Å². The number of H-pyrrole nitrogens is 1. The summed E-state index contributed by atoms with van der Waals surface area (Å²) in [7, 11) is 0. The first-order valence-corrected chi connectivity index (χ1v) is 36.5. The van der Waals surface area contributed by atoms with Crippen LogP contribution in [0.1, 0.15) is 113 Å². The van der Waals surface area contributed by atoms with Gasteiger partial charge in [0.25, 0.3) is 0 Å². The number of nitrogens with two attached hydrogens (primary N) is 3. The first kappa shape index (κ1) is 96.2. The number of aromatic nitrogens is 1. The van der Waals surface area contributed by atoms with Crippen LogP contribution in [0, 0.1) is 23.7 Å². The van der Waals surface area contributed by atoms with E-state index in [0.29, 0.717) is 19.3 Å². The Labute approximate surface area is 643 Å². The molecule has 0 bridgehead atoms. The second-order valence-electron chi connectivity index (χ2n) is 27.1. The molecule has 43 heteroatoms. The molecule has 0 saturated carbocycles. The van der Waals surface area contributed by atoms with Crippen LogP contribution >= 0.6 is 25.3 Å². The van der Waals surface area contributed by atoms with Gasteiger partial charge < -0.3 is 112 Å². The number of likely N-dealkylation sites (tertiary alicyclic amines) is 1. The zero-order valence-electron chi connectivity index (χ0n) is 62.4. The molecule has 0 unspecified atom stereocenters. The monoisotopic (exact) mass is 1600 g/mol. The molecule has 3 rings (SSSR count). The predicted molar refractivity (Wildman–Crippen MR) is 396 cm³/mol. The largest absolute Gasteiger partial charge is 0.490 e. The fraction of sp³-hybridized carbons (Fsp3) is 0.627. The van der Waals surface area contributed by atoms with Crippen molar-refractivity contribution in [2.75, 3.05) is 50.8 Å². The molecule has 0 spiro atoms. The topological polar surface area (TPSA) is 604 Å². The number of aliphatic hydroxyl groups is 1. The number of carbonyl (C=O) groups is 17. The van der Waals surface area contributed by atoms with Gasteiger partial charge in [-0.2, -0.15) is 38.4 Å². The van der Waals surface area contributed by atoms with Crippen molar-refractivity contribution < 1.29 is 110 Å². The van der Waals surface area contributed by atoms with Gasteiger partial charge in [-0.1, -0.05) is 80.0 Å². The Morgan fingerprint density at radius 3 is 1.59 bits per heavy atom. The molecule has 2 heterocycles. The molecule has 1 aromatic heterocycles. The van der Waals surface area contributed by atoms with Gasteiger partial charge in [-0.15, -0.1) is 0 Å². The fourth-order valence-electron chi connectivity index (χ4n) is 10.7. The fourth-order valence-corrected chi connectivity index (χ4v) is 11.2. The van der Waals surface area contributed by atoms with E-state index in [4.69, 9.17) is 27.1 Å². The summed E-state index contributed by atoms with van der Waals surface area (Å²) in [4.78, 5) is 226. The number of para-hydroxylation sites is 1. The number of thiol groups is 2. The van der Waals surface area contributed by atoms with E-state index >= 15 is 0 Å². The number of amides is 15. The summed E-state index contributed by atoms with van der Waals surface area (Å²) >= 11 is 8.39. The van der Waals surface area contributed by atoms with Crippen LogP contribution in [0.15, 0.2) is 30.5 Å². The third-order valence-corrected chi connectivity index (χ3v) is 17.7. The second-order valence-corrected chi connectivity index (χ2v) is 27.8. The van der Waals surface area contributed by atoms with Crippen molar-refractivity contribution in [3.8, 4) is 0 Å². The number of hydrogen-bond acceptors (Lipinski definition) is 22. The van der Waals surface area contributed by atoms with Gasteiger partial charge in [-0.05, 0) is 87.3 Å². The number of primary amides is 1. The average molecular weight is 1600 g/mol. The van der Waals surface area contributed by atoms with E-state index < -0.39 is 235 Å². The summed E-state index contributed by atoms with van der Waals surface area (Å²) in [6.07, 6.45) is -4.02. The van der Waals surface area contributed by atoms with E-state index in [1.807, 2.05) is 24.3 Å². The van der Waals surface area contributed by atoms with Gasteiger partial charge >= 0.3 is 18.1 Å². The molecule has 0 radical (unpaired) electrons. The summed E-state index contributed by atoms with van der Waals surface area (Å²) < 4.78 is 31.7. The third kappa shape index (κ3) is 32.7. The number of nitrogens with one attached hydrogen (secondary N) is 14. The smallest absolute Gasteiger partial charge is 0.480 e. The minimum atomic E-state index is -5.08. The van der Waals surface area contributed by atoms with Crippen LogP contribution in [-0.4, -0.2) is 255 Å². The molecule has 1 aromatic carbocycles. The summed E-state index contributed by atoms with van der Waals surface area (Å²) in [5, 5.41) is 59.7. The first-order valence-electron chi connectivity index (χ1n) is 35.3. The summed E-state index contributed by atoms with van der Waals surface area (Å²) in [5.41, 5.74) is 18.8. The van der Waals surface area contributed by atoms with Crippen LogP contribution < -0.4 is 86.3 Å². The Morgan fingerprint density at radius 1 is 0.591 bits per heavy atom. The Bertz CT molecular complexity index is 3550. The zero-order valence-corrected chi connectivity index (χ0v) is 64.2. The number of carbonyl (C=O) groups excluding carboxylic acids is 15. The third-order valence-electron chi connectivity index (χ3n) is 17.0. The van der Waals surface area contributed by atoms with E-state index in [1.54, 1.807) is 33.9 Å².